The fraction of sp³-hybridized carbons (Fsp3) is 0.909. The van der Waals surface area contributed by atoms with Gasteiger partial charge in [0.1, 0.15) is 0 Å². The maximum absolute atomic E-state index is 2.49. The molecule has 2 rings (SSSR count). The quantitative estimate of drug-likeness (QED) is 0.321. The van der Waals surface area contributed by atoms with Crippen LogP contribution in [0.2, 0.25) is 0 Å². The summed E-state index contributed by atoms with van der Waals surface area (Å²) in [6.07, 6.45) is 25.6. The summed E-state index contributed by atoms with van der Waals surface area (Å²) in [5, 5.41) is 0. The molecular weight excluding hydrogens is 264 g/mol. The minimum Gasteiger partial charge on any atom is -0.0885 e. The highest BCUT2D eigenvalue weighted by Crippen LogP contribution is 2.35. The summed E-state index contributed by atoms with van der Waals surface area (Å²) in [4.78, 5) is 0. The zero-order valence-corrected chi connectivity index (χ0v) is 15.4. The molecule has 0 heterocycles. The molecule has 0 aromatic carbocycles. The summed E-state index contributed by atoms with van der Waals surface area (Å²) < 4.78 is 0. The van der Waals surface area contributed by atoms with Gasteiger partial charge in [-0.2, -0.15) is 0 Å². The minimum atomic E-state index is 0.907. The van der Waals surface area contributed by atoms with Gasteiger partial charge in [-0.05, 0) is 55.8 Å². The van der Waals surface area contributed by atoms with Gasteiger partial charge in [0.15, 0.2) is 0 Å². The van der Waals surface area contributed by atoms with Crippen molar-refractivity contribution >= 4 is 0 Å². The predicted molar refractivity (Wildman–Crippen MR) is 99.1 cm³/mol. The summed E-state index contributed by atoms with van der Waals surface area (Å²) in [7, 11) is 0. The van der Waals surface area contributed by atoms with E-state index in [0.29, 0.717) is 0 Å². The molecule has 2 aliphatic carbocycles. The highest BCUT2D eigenvalue weighted by Gasteiger charge is 2.21. The molecule has 0 unspecified atom stereocenters. The van der Waals surface area contributed by atoms with Crippen LogP contribution in [0.25, 0.3) is 0 Å². The van der Waals surface area contributed by atoms with E-state index in [9.17, 15) is 0 Å². The smallest absolute Gasteiger partial charge is 0.0233 e. The maximum atomic E-state index is 2.49. The first-order chi connectivity index (χ1) is 10.8. The van der Waals surface area contributed by atoms with E-state index in [4.69, 9.17) is 0 Å². The standard InChI is InChI=1S/C22H40/c1-3-5-8-20-15-17-22(18-16-20)10-7-6-9-21-13-11-19(4-2)12-14-21/h5,8,19-22H,3-4,6-7,9-18H2,1-2H3/b8-5+. The molecule has 0 atom stereocenters. The molecule has 0 amide bonds. The number of rotatable bonds is 8. The van der Waals surface area contributed by atoms with Crippen LogP contribution in [0.3, 0.4) is 0 Å². The molecule has 0 radical (unpaired) electrons. The Bertz CT molecular complexity index is 287. The van der Waals surface area contributed by atoms with Gasteiger partial charge in [0, 0.05) is 0 Å². The van der Waals surface area contributed by atoms with Crippen LogP contribution in [0.4, 0.5) is 0 Å². The summed E-state index contributed by atoms with van der Waals surface area (Å²) >= 11 is 0. The molecule has 0 nitrogen and oxygen atoms in total. The van der Waals surface area contributed by atoms with Crippen molar-refractivity contribution in [3.63, 3.8) is 0 Å². The Balaban J connectivity index is 1.49. The van der Waals surface area contributed by atoms with E-state index in [-0.39, 0.29) is 0 Å². The molecule has 2 saturated carbocycles. The molecule has 0 spiro atoms. The van der Waals surface area contributed by atoms with E-state index in [1.165, 1.54) is 89.9 Å². The first kappa shape index (κ1) is 18.1. The first-order valence-electron chi connectivity index (χ1n) is 10.5. The van der Waals surface area contributed by atoms with Gasteiger partial charge < -0.3 is 0 Å². The molecule has 2 aliphatic rings. The summed E-state index contributed by atoms with van der Waals surface area (Å²) in [6, 6.07) is 0. The van der Waals surface area contributed by atoms with E-state index in [1.807, 2.05) is 0 Å². The predicted octanol–water partition coefficient (Wildman–Crippen LogP) is 7.54. The monoisotopic (exact) mass is 304 g/mol. The normalized spacial score (nSPS) is 33.4. The van der Waals surface area contributed by atoms with Crippen molar-refractivity contribution in [1.29, 1.82) is 0 Å². The summed E-state index contributed by atoms with van der Waals surface area (Å²) in [5.74, 6) is 4.11. The first-order valence-corrected chi connectivity index (χ1v) is 10.5. The van der Waals surface area contributed by atoms with Gasteiger partial charge in [-0.3, -0.25) is 0 Å². The Morgan fingerprint density at radius 1 is 0.682 bits per heavy atom. The van der Waals surface area contributed by atoms with Crippen LogP contribution in [0.1, 0.15) is 104 Å². The van der Waals surface area contributed by atoms with Crippen molar-refractivity contribution in [2.75, 3.05) is 0 Å². The van der Waals surface area contributed by atoms with E-state index >= 15 is 0 Å². The molecule has 128 valence electrons. The minimum absolute atomic E-state index is 0.907. The van der Waals surface area contributed by atoms with Gasteiger partial charge in [0.05, 0.1) is 0 Å². The fourth-order valence-electron chi connectivity index (χ4n) is 4.79. The number of hydrogen-bond acceptors (Lipinski definition) is 0. The van der Waals surface area contributed by atoms with Crippen molar-refractivity contribution in [2.24, 2.45) is 23.7 Å². The van der Waals surface area contributed by atoms with Crippen LogP contribution >= 0.6 is 0 Å². The Morgan fingerprint density at radius 3 is 1.68 bits per heavy atom. The molecule has 0 aromatic rings. The lowest BCUT2D eigenvalue weighted by Gasteiger charge is -2.28. The highest BCUT2D eigenvalue weighted by atomic mass is 14.3. The third-order valence-corrected chi connectivity index (χ3v) is 6.55. The zero-order chi connectivity index (χ0) is 15.6. The van der Waals surface area contributed by atoms with Crippen LogP contribution in [-0.4, -0.2) is 0 Å². The van der Waals surface area contributed by atoms with Gasteiger partial charge in [0.25, 0.3) is 0 Å². The second-order valence-electron chi connectivity index (χ2n) is 8.20. The van der Waals surface area contributed by atoms with Crippen LogP contribution in [0.5, 0.6) is 0 Å². The molecule has 0 N–H and O–H groups in total. The second kappa shape index (κ2) is 10.5. The lowest BCUT2D eigenvalue weighted by atomic mass is 9.77. The third kappa shape index (κ3) is 6.47. The molecule has 0 aliphatic heterocycles. The summed E-state index contributed by atoms with van der Waals surface area (Å²) in [5.41, 5.74) is 0. The van der Waals surface area contributed by atoms with Crippen LogP contribution < -0.4 is 0 Å². The number of hydrogen-bond donors (Lipinski definition) is 0. The van der Waals surface area contributed by atoms with Crippen LogP contribution in [0.15, 0.2) is 12.2 Å². The average Bonchev–Trinajstić information content (AvgIpc) is 2.58. The number of allylic oxidation sites excluding steroid dienone is 2. The topological polar surface area (TPSA) is 0 Å². The lowest BCUT2D eigenvalue weighted by molar-refractivity contribution is 0.247. The average molecular weight is 305 g/mol. The van der Waals surface area contributed by atoms with Crippen molar-refractivity contribution in [3.8, 4) is 0 Å². The molecule has 22 heavy (non-hydrogen) atoms. The highest BCUT2D eigenvalue weighted by molar-refractivity contribution is 4.90. The molecule has 2 fully saturated rings. The maximum Gasteiger partial charge on any atom is -0.0233 e. The lowest BCUT2D eigenvalue weighted by Crippen LogP contribution is -2.14. The van der Waals surface area contributed by atoms with E-state index in [0.717, 1.165) is 23.7 Å². The fourth-order valence-corrected chi connectivity index (χ4v) is 4.79. The van der Waals surface area contributed by atoms with Crippen molar-refractivity contribution in [1.82, 2.24) is 0 Å². The Labute approximate surface area is 140 Å². The Kier molecular flexibility index (Phi) is 8.63. The van der Waals surface area contributed by atoms with Crippen molar-refractivity contribution in [2.45, 2.75) is 104 Å². The van der Waals surface area contributed by atoms with Gasteiger partial charge in [-0.1, -0.05) is 83.8 Å². The SMILES string of the molecule is CC/C=C/C1CCC(CCCCC2CCC(CC)CC2)CC1. The molecule has 0 heteroatoms. The molecule has 0 aromatic heterocycles. The Hall–Kier alpha value is -0.260. The second-order valence-corrected chi connectivity index (χ2v) is 8.20. The van der Waals surface area contributed by atoms with Gasteiger partial charge in [-0.25, -0.2) is 0 Å². The van der Waals surface area contributed by atoms with E-state index < -0.39 is 0 Å². The van der Waals surface area contributed by atoms with Crippen molar-refractivity contribution < 1.29 is 0 Å². The van der Waals surface area contributed by atoms with E-state index in [1.54, 1.807) is 0 Å². The van der Waals surface area contributed by atoms with Gasteiger partial charge in [0.2, 0.25) is 0 Å². The van der Waals surface area contributed by atoms with Crippen LogP contribution in [0, 0.1) is 23.7 Å². The summed E-state index contributed by atoms with van der Waals surface area (Å²) in [6.45, 7) is 4.62. The molecule has 0 saturated heterocycles. The molecule has 0 bridgehead atoms. The zero-order valence-electron chi connectivity index (χ0n) is 15.4. The third-order valence-electron chi connectivity index (χ3n) is 6.55. The van der Waals surface area contributed by atoms with Crippen LogP contribution in [-0.2, 0) is 0 Å². The molecular formula is C22H40. The number of unbranched alkanes of at least 4 members (excludes halogenated alkanes) is 1. The van der Waals surface area contributed by atoms with Gasteiger partial charge >= 0.3 is 0 Å². The van der Waals surface area contributed by atoms with Gasteiger partial charge in [-0.15, -0.1) is 0 Å². The van der Waals surface area contributed by atoms with E-state index in [2.05, 4.69) is 26.0 Å². The largest absolute Gasteiger partial charge is 0.0885 e. The van der Waals surface area contributed by atoms with Crippen molar-refractivity contribution in [3.05, 3.63) is 12.2 Å². The Morgan fingerprint density at radius 2 is 1.18 bits per heavy atom.